The van der Waals surface area contributed by atoms with Gasteiger partial charge in [0, 0.05) is 17.3 Å². The molecular formula is C11H14BrNO2. The summed E-state index contributed by atoms with van der Waals surface area (Å²) in [4.78, 5) is 0. The number of nitrogens with two attached hydrogens (primary N) is 1. The number of benzene rings is 1. The molecule has 1 aliphatic rings. The number of hydrogen-bond acceptors (Lipinski definition) is 3. The molecule has 0 radical (unpaired) electrons. The Balaban J connectivity index is 2.05. The van der Waals surface area contributed by atoms with E-state index in [1.165, 1.54) is 0 Å². The van der Waals surface area contributed by atoms with Gasteiger partial charge in [0.25, 0.3) is 0 Å². The first-order chi connectivity index (χ1) is 7.25. The van der Waals surface area contributed by atoms with E-state index in [1.807, 2.05) is 18.2 Å². The predicted octanol–water partition coefficient (Wildman–Crippen LogP) is 2.59. The third kappa shape index (κ3) is 2.86. The van der Waals surface area contributed by atoms with Gasteiger partial charge < -0.3 is 15.2 Å². The quantitative estimate of drug-likeness (QED) is 0.841. The van der Waals surface area contributed by atoms with Crippen molar-refractivity contribution in [1.82, 2.24) is 0 Å². The number of rotatable bonds is 2. The maximum Gasteiger partial charge on any atom is 0.143 e. The molecule has 0 bridgehead atoms. The fourth-order valence-corrected chi connectivity index (χ4v) is 1.92. The second-order valence-corrected chi connectivity index (χ2v) is 4.53. The normalized spacial score (nSPS) is 17.7. The summed E-state index contributed by atoms with van der Waals surface area (Å²) in [6.07, 6.45) is 2.10. The average molecular weight is 272 g/mol. The number of hydrogen-bond donors (Lipinski definition) is 1. The highest BCUT2D eigenvalue weighted by atomic mass is 79.9. The zero-order valence-corrected chi connectivity index (χ0v) is 10.00. The Kier molecular flexibility index (Phi) is 3.49. The first-order valence-corrected chi connectivity index (χ1v) is 5.84. The Morgan fingerprint density at radius 1 is 1.33 bits per heavy atom. The summed E-state index contributed by atoms with van der Waals surface area (Å²) >= 11 is 3.40. The number of nitrogen functional groups attached to an aromatic ring is 1. The van der Waals surface area contributed by atoms with Crippen molar-refractivity contribution in [3.8, 4) is 5.75 Å². The van der Waals surface area contributed by atoms with Crippen LogP contribution in [0.5, 0.6) is 5.75 Å². The maximum absolute atomic E-state index is 5.83. The second kappa shape index (κ2) is 4.86. The minimum absolute atomic E-state index is 0.232. The molecule has 0 saturated carbocycles. The van der Waals surface area contributed by atoms with E-state index in [4.69, 9.17) is 15.2 Å². The first-order valence-electron chi connectivity index (χ1n) is 5.05. The van der Waals surface area contributed by atoms with Crippen LogP contribution >= 0.6 is 15.9 Å². The van der Waals surface area contributed by atoms with Crippen LogP contribution < -0.4 is 10.5 Å². The number of ether oxygens (including phenoxy) is 2. The summed E-state index contributed by atoms with van der Waals surface area (Å²) in [5.74, 6) is 0.760. The molecular weight excluding hydrogens is 258 g/mol. The maximum atomic E-state index is 5.83. The molecule has 0 amide bonds. The van der Waals surface area contributed by atoms with Gasteiger partial charge in [0.1, 0.15) is 11.9 Å². The van der Waals surface area contributed by atoms with Gasteiger partial charge in [-0.2, -0.15) is 0 Å². The van der Waals surface area contributed by atoms with Gasteiger partial charge in [0.2, 0.25) is 0 Å². The summed E-state index contributed by atoms with van der Waals surface area (Å²) in [6.45, 7) is 1.55. The summed E-state index contributed by atoms with van der Waals surface area (Å²) in [5, 5.41) is 0. The zero-order valence-electron chi connectivity index (χ0n) is 8.41. The van der Waals surface area contributed by atoms with Gasteiger partial charge in [0.05, 0.1) is 18.9 Å². The minimum atomic E-state index is 0.232. The van der Waals surface area contributed by atoms with Crippen LogP contribution in [0.1, 0.15) is 12.8 Å². The van der Waals surface area contributed by atoms with Crippen molar-refractivity contribution in [3.63, 3.8) is 0 Å². The van der Waals surface area contributed by atoms with E-state index in [0.717, 1.165) is 36.3 Å². The molecule has 1 aromatic carbocycles. The van der Waals surface area contributed by atoms with E-state index in [9.17, 15) is 0 Å². The summed E-state index contributed by atoms with van der Waals surface area (Å²) < 4.78 is 12.1. The molecule has 1 aromatic rings. The molecule has 3 nitrogen and oxygen atoms in total. The van der Waals surface area contributed by atoms with Crippen molar-refractivity contribution in [3.05, 3.63) is 22.7 Å². The lowest BCUT2D eigenvalue weighted by molar-refractivity contribution is 0.0258. The molecule has 2 rings (SSSR count). The van der Waals surface area contributed by atoms with Crippen molar-refractivity contribution >= 4 is 21.6 Å². The zero-order chi connectivity index (χ0) is 10.7. The van der Waals surface area contributed by atoms with E-state index in [1.54, 1.807) is 0 Å². The van der Waals surface area contributed by atoms with Gasteiger partial charge in [-0.05, 0) is 18.2 Å². The molecule has 4 heteroatoms. The smallest absolute Gasteiger partial charge is 0.143 e. The van der Waals surface area contributed by atoms with Gasteiger partial charge in [0.15, 0.2) is 0 Å². The molecule has 1 heterocycles. The fraction of sp³-hybridized carbons (Fsp3) is 0.455. The summed E-state index contributed by atoms with van der Waals surface area (Å²) in [5.41, 5.74) is 6.51. The van der Waals surface area contributed by atoms with Crippen molar-refractivity contribution < 1.29 is 9.47 Å². The van der Waals surface area contributed by atoms with Crippen LogP contribution in [0.15, 0.2) is 22.7 Å². The number of anilines is 1. The second-order valence-electron chi connectivity index (χ2n) is 3.61. The van der Waals surface area contributed by atoms with Gasteiger partial charge in [-0.15, -0.1) is 0 Å². The molecule has 0 aliphatic carbocycles. The molecule has 0 atom stereocenters. The van der Waals surface area contributed by atoms with Crippen molar-refractivity contribution in [1.29, 1.82) is 0 Å². The lowest BCUT2D eigenvalue weighted by Crippen LogP contribution is -2.26. The average Bonchev–Trinajstić information content (AvgIpc) is 2.25. The van der Waals surface area contributed by atoms with Gasteiger partial charge >= 0.3 is 0 Å². The van der Waals surface area contributed by atoms with Crippen molar-refractivity contribution in [2.24, 2.45) is 0 Å². The molecule has 1 fully saturated rings. The molecule has 1 aliphatic heterocycles. The molecule has 0 unspecified atom stereocenters. The highest BCUT2D eigenvalue weighted by Gasteiger charge is 2.16. The van der Waals surface area contributed by atoms with Crippen LogP contribution in [0.4, 0.5) is 5.69 Å². The molecule has 15 heavy (non-hydrogen) atoms. The Morgan fingerprint density at radius 2 is 2.07 bits per heavy atom. The van der Waals surface area contributed by atoms with Crippen LogP contribution in [0, 0.1) is 0 Å². The minimum Gasteiger partial charge on any atom is -0.488 e. The lowest BCUT2D eigenvalue weighted by Gasteiger charge is -2.24. The molecule has 0 spiro atoms. The van der Waals surface area contributed by atoms with Crippen LogP contribution in [-0.2, 0) is 4.74 Å². The van der Waals surface area contributed by atoms with Crippen molar-refractivity contribution in [2.75, 3.05) is 18.9 Å². The highest BCUT2D eigenvalue weighted by Crippen LogP contribution is 2.28. The predicted molar refractivity (Wildman–Crippen MR) is 63.0 cm³/mol. The van der Waals surface area contributed by atoms with Crippen LogP contribution in [0.2, 0.25) is 0 Å². The third-order valence-corrected chi connectivity index (χ3v) is 2.93. The largest absolute Gasteiger partial charge is 0.488 e. The topological polar surface area (TPSA) is 44.5 Å². The Bertz CT molecular complexity index is 337. The molecule has 2 N–H and O–H groups in total. The molecule has 1 saturated heterocycles. The monoisotopic (exact) mass is 271 g/mol. The van der Waals surface area contributed by atoms with Crippen LogP contribution in [0.3, 0.4) is 0 Å². The van der Waals surface area contributed by atoms with E-state index < -0.39 is 0 Å². The summed E-state index contributed by atoms with van der Waals surface area (Å²) in [7, 11) is 0. The molecule has 82 valence electrons. The number of halogens is 1. The van der Waals surface area contributed by atoms with Gasteiger partial charge in [-0.1, -0.05) is 15.9 Å². The van der Waals surface area contributed by atoms with E-state index in [-0.39, 0.29) is 6.10 Å². The standard InChI is InChI=1S/C11H14BrNO2/c12-8-1-2-10(13)11(7-8)15-9-3-5-14-6-4-9/h1-2,7,9H,3-6,13H2. The van der Waals surface area contributed by atoms with E-state index >= 15 is 0 Å². The highest BCUT2D eigenvalue weighted by molar-refractivity contribution is 9.10. The summed E-state index contributed by atoms with van der Waals surface area (Å²) in [6, 6.07) is 5.66. The SMILES string of the molecule is Nc1ccc(Br)cc1OC1CCOCC1. The van der Waals surface area contributed by atoms with Crippen LogP contribution in [0.25, 0.3) is 0 Å². The van der Waals surface area contributed by atoms with Gasteiger partial charge in [-0.3, -0.25) is 0 Å². The fourth-order valence-electron chi connectivity index (χ4n) is 1.58. The van der Waals surface area contributed by atoms with Gasteiger partial charge in [-0.25, -0.2) is 0 Å². The van der Waals surface area contributed by atoms with Crippen LogP contribution in [-0.4, -0.2) is 19.3 Å². The Hall–Kier alpha value is -0.740. The van der Waals surface area contributed by atoms with Crippen molar-refractivity contribution in [2.45, 2.75) is 18.9 Å². The Labute approximate surface area is 97.7 Å². The van der Waals surface area contributed by atoms with E-state index in [0.29, 0.717) is 5.69 Å². The third-order valence-electron chi connectivity index (χ3n) is 2.44. The molecule has 0 aromatic heterocycles. The lowest BCUT2D eigenvalue weighted by atomic mass is 10.1. The van der Waals surface area contributed by atoms with E-state index in [2.05, 4.69) is 15.9 Å². The first kappa shape index (κ1) is 10.8. The Morgan fingerprint density at radius 3 is 2.80 bits per heavy atom.